The Morgan fingerprint density at radius 3 is 2.44 bits per heavy atom. The second-order valence-corrected chi connectivity index (χ2v) is 6.76. The van der Waals surface area contributed by atoms with Crippen molar-refractivity contribution in [1.82, 2.24) is 9.88 Å². The molecular weight excluding hydrogens is 355 g/mol. The van der Waals surface area contributed by atoms with Gasteiger partial charge in [0.1, 0.15) is 5.82 Å². The van der Waals surface area contributed by atoms with Crippen LogP contribution in [0.1, 0.15) is 23.1 Å². The standard InChI is InChI=1S/C20H22F3N3O/c1-15-3-2-4-16(13-15)5-8-19(27)26-11-9-25(10-12-26)18-7-6-17(14-24-18)20(21,22)23/h2-4,6-7,13-14H,5,8-12H2,1H3. The van der Waals surface area contributed by atoms with E-state index in [4.69, 9.17) is 0 Å². The second kappa shape index (κ2) is 7.98. The molecule has 0 radical (unpaired) electrons. The summed E-state index contributed by atoms with van der Waals surface area (Å²) in [4.78, 5) is 20.1. The molecule has 1 aromatic heterocycles. The van der Waals surface area contributed by atoms with E-state index >= 15 is 0 Å². The lowest BCUT2D eigenvalue weighted by atomic mass is 10.1. The van der Waals surface area contributed by atoms with E-state index in [9.17, 15) is 18.0 Å². The molecule has 0 unspecified atom stereocenters. The normalized spacial score (nSPS) is 15.1. The van der Waals surface area contributed by atoms with Crippen LogP contribution in [0.2, 0.25) is 0 Å². The third-order valence-corrected chi connectivity index (χ3v) is 4.74. The second-order valence-electron chi connectivity index (χ2n) is 6.76. The number of hydrogen-bond donors (Lipinski definition) is 0. The molecule has 0 saturated carbocycles. The third-order valence-electron chi connectivity index (χ3n) is 4.74. The number of halogens is 3. The number of pyridine rings is 1. The van der Waals surface area contributed by atoms with Crippen molar-refractivity contribution >= 4 is 11.7 Å². The molecule has 0 bridgehead atoms. The van der Waals surface area contributed by atoms with Gasteiger partial charge in [-0.2, -0.15) is 13.2 Å². The fourth-order valence-corrected chi connectivity index (χ4v) is 3.20. The molecule has 0 aliphatic carbocycles. The molecule has 1 fully saturated rings. The Morgan fingerprint density at radius 2 is 1.85 bits per heavy atom. The highest BCUT2D eigenvalue weighted by Gasteiger charge is 2.31. The zero-order chi connectivity index (χ0) is 19.4. The maximum atomic E-state index is 12.6. The zero-order valence-corrected chi connectivity index (χ0v) is 15.2. The van der Waals surface area contributed by atoms with Gasteiger partial charge in [0, 0.05) is 38.8 Å². The summed E-state index contributed by atoms with van der Waals surface area (Å²) < 4.78 is 37.9. The van der Waals surface area contributed by atoms with Gasteiger partial charge in [-0.25, -0.2) is 4.98 Å². The number of carbonyl (C=O) groups is 1. The van der Waals surface area contributed by atoms with Gasteiger partial charge in [-0.05, 0) is 31.0 Å². The number of amides is 1. The Labute approximate surface area is 156 Å². The van der Waals surface area contributed by atoms with Gasteiger partial charge < -0.3 is 9.80 Å². The largest absolute Gasteiger partial charge is 0.417 e. The Kier molecular flexibility index (Phi) is 5.68. The lowest BCUT2D eigenvalue weighted by molar-refractivity contribution is -0.137. The van der Waals surface area contributed by atoms with Crippen LogP contribution in [0.3, 0.4) is 0 Å². The van der Waals surface area contributed by atoms with Crippen molar-refractivity contribution in [3.05, 3.63) is 59.3 Å². The molecule has 1 aliphatic heterocycles. The average Bonchev–Trinajstić information content (AvgIpc) is 2.66. The number of alkyl halides is 3. The first-order chi connectivity index (χ1) is 12.8. The van der Waals surface area contributed by atoms with Crippen molar-refractivity contribution in [1.29, 1.82) is 0 Å². The van der Waals surface area contributed by atoms with Crippen molar-refractivity contribution < 1.29 is 18.0 Å². The SMILES string of the molecule is Cc1cccc(CCC(=O)N2CCN(c3ccc(C(F)(F)F)cn3)CC2)c1. The van der Waals surface area contributed by atoms with E-state index in [2.05, 4.69) is 11.1 Å². The predicted octanol–water partition coefficient (Wildman–Crippen LogP) is 3.69. The number of aromatic nitrogens is 1. The van der Waals surface area contributed by atoms with E-state index in [1.54, 1.807) is 0 Å². The molecule has 3 rings (SSSR count). The highest BCUT2D eigenvalue weighted by atomic mass is 19.4. The highest BCUT2D eigenvalue weighted by Crippen LogP contribution is 2.29. The monoisotopic (exact) mass is 377 g/mol. The molecular formula is C20H22F3N3O. The van der Waals surface area contributed by atoms with Crippen molar-refractivity contribution in [2.24, 2.45) is 0 Å². The van der Waals surface area contributed by atoms with Crippen LogP contribution < -0.4 is 4.90 Å². The van der Waals surface area contributed by atoms with Gasteiger partial charge in [-0.15, -0.1) is 0 Å². The molecule has 0 spiro atoms. The predicted molar refractivity (Wildman–Crippen MR) is 97.5 cm³/mol. The summed E-state index contributed by atoms with van der Waals surface area (Å²) in [6.45, 7) is 4.26. The van der Waals surface area contributed by atoms with Gasteiger partial charge in [0.25, 0.3) is 0 Å². The van der Waals surface area contributed by atoms with E-state index in [1.165, 1.54) is 11.6 Å². The number of benzene rings is 1. The molecule has 1 amide bonds. The number of rotatable bonds is 4. The number of aryl methyl sites for hydroxylation is 2. The van der Waals surface area contributed by atoms with Crippen LogP contribution in [0, 0.1) is 6.92 Å². The lowest BCUT2D eigenvalue weighted by Crippen LogP contribution is -2.49. The van der Waals surface area contributed by atoms with Gasteiger partial charge in [-0.3, -0.25) is 4.79 Å². The van der Waals surface area contributed by atoms with Crippen LogP contribution in [0.4, 0.5) is 19.0 Å². The highest BCUT2D eigenvalue weighted by molar-refractivity contribution is 5.76. The quantitative estimate of drug-likeness (QED) is 0.815. The van der Waals surface area contributed by atoms with Crippen LogP contribution in [-0.4, -0.2) is 42.0 Å². The fraction of sp³-hybridized carbons (Fsp3) is 0.400. The maximum absolute atomic E-state index is 12.6. The Hall–Kier alpha value is -2.57. The minimum Gasteiger partial charge on any atom is -0.353 e. The molecule has 2 aromatic rings. The summed E-state index contributed by atoms with van der Waals surface area (Å²) in [7, 11) is 0. The van der Waals surface area contributed by atoms with Crippen LogP contribution >= 0.6 is 0 Å². The van der Waals surface area contributed by atoms with E-state index < -0.39 is 11.7 Å². The van der Waals surface area contributed by atoms with Crippen LogP contribution in [0.5, 0.6) is 0 Å². The molecule has 0 N–H and O–H groups in total. The Balaban J connectivity index is 1.50. The van der Waals surface area contributed by atoms with Gasteiger partial charge in [0.05, 0.1) is 5.56 Å². The number of carbonyl (C=O) groups excluding carboxylic acids is 1. The van der Waals surface area contributed by atoms with Crippen LogP contribution in [0.25, 0.3) is 0 Å². The van der Waals surface area contributed by atoms with Gasteiger partial charge in [0.15, 0.2) is 0 Å². The molecule has 4 nitrogen and oxygen atoms in total. The number of piperazine rings is 1. The number of nitrogens with zero attached hydrogens (tertiary/aromatic N) is 3. The maximum Gasteiger partial charge on any atom is 0.417 e. The first-order valence-corrected chi connectivity index (χ1v) is 8.94. The smallest absolute Gasteiger partial charge is 0.353 e. The minimum atomic E-state index is -4.38. The number of hydrogen-bond acceptors (Lipinski definition) is 3. The Morgan fingerprint density at radius 1 is 1.11 bits per heavy atom. The van der Waals surface area contributed by atoms with Gasteiger partial charge >= 0.3 is 6.18 Å². The topological polar surface area (TPSA) is 36.4 Å². The molecule has 0 atom stereocenters. The van der Waals surface area contributed by atoms with Crippen molar-refractivity contribution in [3.63, 3.8) is 0 Å². The Bertz CT molecular complexity index is 782. The van der Waals surface area contributed by atoms with E-state index in [0.717, 1.165) is 17.8 Å². The first-order valence-electron chi connectivity index (χ1n) is 8.94. The van der Waals surface area contributed by atoms with Crippen LogP contribution in [-0.2, 0) is 17.4 Å². The van der Waals surface area contributed by atoms with E-state index in [-0.39, 0.29) is 5.91 Å². The zero-order valence-electron chi connectivity index (χ0n) is 15.2. The van der Waals surface area contributed by atoms with Crippen molar-refractivity contribution in [2.75, 3.05) is 31.1 Å². The molecule has 144 valence electrons. The summed E-state index contributed by atoms with van der Waals surface area (Å²) in [5.41, 5.74) is 1.57. The lowest BCUT2D eigenvalue weighted by Gasteiger charge is -2.35. The van der Waals surface area contributed by atoms with Crippen LogP contribution in [0.15, 0.2) is 42.6 Å². The van der Waals surface area contributed by atoms with E-state index in [0.29, 0.717) is 44.8 Å². The summed E-state index contributed by atoms with van der Waals surface area (Å²) in [5.74, 6) is 0.617. The van der Waals surface area contributed by atoms with Crippen molar-refractivity contribution in [3.8, 4) is 0 Å². The molecule has 2 heterocycles. The molecule has 1 saturated heterocycles. The summed E-state index contributed by atoms with van der Waals surface area (Å²) in [6.07, 6.45) is -2.36. The minimum absolute atomic E-state index is 0.108. The van der Waals surface area contributed by atoms with Gasteiger partial charge in [0.2, 0.25) is 5.91 Å². The van der Waals surface area contributed by atoms with Crippen molar-refractivity contribution in [2.45, 2.75) is 25.9 Å². The molecule has 1 aliphatic rings. The molecule has 7 heteroatoms. The average molecular weight is 377 g/mol. The fourth-order valence-electron chi connectivity index (χ4n) is 3.20. The third kappa shape index (κ3) is 4.99. The number of anilines is 1. The molecule has 1 aromatic carbocycles. The first kappa shape index (κ1) is 19.2. The van der Waals surface area contributed by atoms with Gasteiger partial charge in [-0.1, -0.05) is 29.8 Å². The summed E-state index contributed by atoms with van der Waals surface area (Å²) in [6, 6.07) is 10.6. The summed E-state index contributed by atoms with van der Waals surface area (Å²) >= 11 is 0. The molecule has 27 heavy (non-hydrogen) atoms. The van der Waals surface area contributed by atoms with E-state index in [1.807, 2.05) is 34.9 Å². The summed E-state index contributed by atoms with van der Waals surface area (Å²) in [5, 5.41) is 0.